The van der Waals surface area contributed by atoms with E-state index in [4.69, 9.17) is 33.7 Å². The number of ether oxygens (including phenoxy) is 1. The molecular formula is C13H9BrCl2FNO. The maximum absolute atomic E-state index is 14.0. The van der Waals surface area contributed by atoms with Gasteiger partial charge in [0.15, 0.2) is 11.6 Å². The zero-order valence-electron chi connectivity index (χ0n) is 9.59. The van der Waals surface area contributed by atoms with Crippen LogP contribution in [0.5, 0.6) is 11.5 Å². The molecule has 0 aliphatic carbocycles. The van der Waals surface area contributed by atoms with Crippen molar-refractivity contribution in [2.24, 2.45) is 5.73 Å². The summed E-state index contributed by atoms with van der Waals surface area (Å²) in [5.74, 6) is -0.0165. The summed E-state index contributed by atoms with van der Waals surface area (Å²) in [7, 11) is 0. The summed E-state index contributed by atoms with van der Waals surface area (Å²) >= 11 is 14.8. The molecule has 2 aromatic carbocycles. The minimum atomic E-state index is -0.506. The van der Waals surface area contributed by atoms with Crippen LogP contribution in [-0.4, -0.2) is 0 Å². The van der Waals surface area contributed by atoms with Crippen molar-refractivity contribution in [2.45, 2.75) is 6.54 Å². The molecule has 6 heteroatoms. The van der Waals surface area contributed by atoms with Gasteiger partial charge in [-0.05, 0) is 39.7 Å². The van der Waals surface area contributed by atoms with Crippen LogP contribution in [0.4, 0.5) is 4.39 Å². The van der Waals surface area contributed by atoms with Gasteiger partial charge in [-0.1, -0.05) is 29.3 Å². The molecule has 0 aliphatic rings. The molecule has 0 bridgehead atoms. The molecule has 19 heavy (non-hydrogen) atoms. The Bertz CT molecular complexity index is 622. The Morgan fingerprint density at radius 1 is 1.16 bits per heavy atom. The molecule has 0 fully saturated rings. The second-order valence-electron chi connectivity index (χ2n) is 3.73. The summed E-state index contributed by atoms with van der Waals surface area (Å²) in [5.41, 5.74) is 6.15. The van der Waals surface area contributed by atoms with Crippen LogP contribution in [0.15, 0.2) is 34.8 Å². The lowest BCUT2D eigenvalue weighted by Gasteiger charge is -2.10. The average molecular weight is 365 g/mol. The zero-order valence-corrected chi connectivity index (χ0v) is 12.7. The van der Waals surface area contributed by atoms with E-state index in [1.807, 2.05) is 0 Å². The van der Waals surface area contributed by atoms with Crippen molar-refractivity contribution >= 4 is 39.1 Å². The van der Waals surface area contributed by atoms with E-state index >= 15 is 0 Å². The molecule has 0 saturated heterocycles. The van der Waals surface area contributed by atoms with Gasteiger partial charge in [0.2, 0.25) is 0 Å². The Morgan fingerprint density at radius 3 is 2.53 bits per heavy atom. The molecule has 0 saturated carbocycles. The van der Waals surface area contributed by atoms with Crippen molar-refractivity contribution in [3.05, 3.63) is 56.2 Å². The predicted octanol–water partition coefficient (Wildman–Crippen LogP) is 5.15. The van der Waals surface area contributed by atoms with Crippen LogP contribution in [0.1, 0.15) is 5.56 Å². The van der Waals surface area contributed by atoms with Gasteiger partial charge in [-0.15, -0.1) is 0 Å². The van der Waals surface area contributed by atoms with Gasteiger partial charge in [0.1, 0.15) is 5.75 Å². The third kappa shape index (κ3) is 3.20. The molecule has 0 aromatic heterocycles. The molecule has 2 nitrogen and oxygen atoms in total. The van der Waals surface area contributed by atoms with Gasteiger partial charge in [-0.2, -0.15) is 0 Å². The molecule has 0 spiro atoms. The Balaban J connectivity index is 2.33. The standard InChI is InChI=1S/C13H9BrCl2FNO/c14-12-7(6-18)1-4-11(13(12)17)19-8-2-3-9(15)10(16)5-8/h1-5H,6,18H2. The average Bonchev–Trinajstić information content (AvgIpc) is 2.40. The van der Waals surface area contributed by atoms with Crippen LogP contribution >= 0.6 is 39.1 Å². The molecule has 2 rings (SSSR count). The Kier molecular flexibility index (Phi) is 4.68. The van der Waals surface area contributed by atoms with E-state index in [1.165, 1.54) is 12.1 Å². The number of hydrogen-bond donors (Lipinski definition) is 1. The fourth-order valence-electron chi connectivity index (χ4n) is 1.48. The molecule has 0 amide bonds. The van der Waals surface area contributed by atoms with Gasteiger partial charge in [0.25, 0.3) is 0 Å². The van der Waals surface area contributed by atoms with Crippen LogP contribution in [0.3, 0.4) is 0 Å². The lowest BCUT2D eigenvalue weighted by molar-refractivity contribution is 0.439. The molecular weight excluding hydrogens is 356 g/mol. The van der Waals surface area contributed by atoms with Gasteiger partial charge < -0.3 is 10.5 Å². The lowest BCUT2D eigenvalue weighted by atomic mass is 10.2. The first-order valence-electron chi connectivity index (χ1n) is 5.32. The van der Waals surface area contributed by atoms with E-state index in [0.717, 1.165) is 0 Å². The van der Waals surface area contributed by atoms with E-state index in [0.29, 0.717) is 25.8 Å². The SMILES string of the molecule is NCc1ccc(Oc2ccc(Cl)c(Cl)c2)c(F)c1Br. The van der Waals surface area contributed by atoms with Crippen molar-refractivity contribution in [3.8, 4) is 11.5 Å². The Hall–Kier alpha value is -0.810. The number of halogens is 4. The first-order valence-corrected chi connectivity index (χ1v) is 6.87. The lowest BCUT2D eigenvalue weighted by Crippen LogP contribution is -2.00. The molecule has 100 valence electrons. The van der Waals surface area contributed by atoms with Gasteiger partial charge >= 0.3 is 0 Å². The summed E-state index contributed by atoms with van der Waals surface area (Å²) in [5, 5.41) is 0.756. The van der Waals surface area contributed by atoms with E-state index in [-0.39, 0.29) is 12.3 Å². The summed E-state index contributed by atoms with van der Waals surface area (Å²) < 4.78 is 19.8. The van der Waals surface area contributed by atoms with Crippen molar-refractivity contribution in [3.63, 3.8) is 0 Å². The quantitative estimate of drug-likeness (QED) is 0.817. The highest BCUT2D eigenvalue weighted by Crippen LogP contribution is 2.33. The molecule has 2 N–H and O–H groups in total. The fraction of sp³-hybridized carbons (Fsp3) is 0.0769. The first-order chi connectivity index (χ1) is 9.02. The van der Waals surface area contributed by atoms with Crippen molar-refractivity contribution in [1.29, 1.82) is 0 Å². The number of benzene rings is 2. The number of hydrogen-bond acceptors (Lipinski definition) is 2. The van der Waals surface area contributed by atoms with Gasteiger partial charge in [0, 0.05) is 12.6 Å². The van der Waals surface area contributed by atoms with Gasteiger partial charge in [-0.25, -0.2) is 4.39 Å². The maximum atomic E-state index is 14.0. The summed E-state index contributed by atoms with van der Waals surface area (Å²) in [4.78, 5) is 0. The van der Waals surface area contributed by atoms with Crippen molar-refractivity contribution in [2.75, 3.05) is 0 Å². The van der Waals surface area contributed by atoms with Crippen LogP contribution in [0.2, 0.25) is 10.0 Å². The smallest absolute Gasteiger partial charge is 0.180 e. The van der Waals surface area contributed by atoms with Gasteiger partial charge in [0.05, 0.1) is 14.5 Å². The summed E-state index contributed by atoms with van der Waals surface area (Å²) in [6.07, 6.45) is 0. The highest BCUT2D eigenvalue weighted by atomic mass is 79.9. The van der Waals surface area contributed by atoms with Crippen molar-refractivity contribution in [1.82, 2.24) is 0 Å². The van der Waals surface area contributed by atoms with Gasteiger partial charge in [-0.3, -0.25) is 0 Å². The molecule has 0 atom stereocenters. The van der Waals surface area contributed by atoms with E-state index < -0.39 is 5.82 Å². The fourth-order valence-corrected chi connectivity index (χ4v) is 2.25. The number of nitrogens with two attached hydrogens (primary N) is 1. The molecule has 0 aliphatic heterocycles. The topological polar surface area (TPSA) is 35.2 Å². The minimum Gasteiger partial charge on any atom is -0.454 e. The van der Waals surface area contributed by atoms with Crippen LogP contribution < -0.4 is 10.5 Å². The van der Waals surface area contributed by atoms with Crippen LogP contribution in [0.25, 0.3) is 0 Å². The zero-order chi connectivity index (χ0) is 14.0. The molecule has 2 aromatic rings. The molecule has 0 radical (unpaired) electrons. The van der Waals surface area contributed by atoms with Crippen LogP contribution in [-0.2, 0) is 6.54 Å². The second-order valence-corrected chi connectivity index (χ2v) is 5.34. The summed E-state index contributed by atoms with van der Waals surface area (Å²) in [6.45, 7) is 0.241. The maximum Gasteiger partial charge on any atom is 0.180 e. The third-order valence-electron chi connectivity index (χ3n) is 2.47. The Labute approximate surface area is 128 Å². The number of rotatable bonds is 3. The third-order valence-corrected chi connectivity index (χ3v) is 4.06. The van der Waals surface area contributed by atoms with E-state index in [9.17, 15) is 4.39 Å². The Morgan fingerprint density at radius 2 is 1.89 bits per heavy atom. The highest BCUT2D eigenvalue weighted by Gasteiger charge is 2.12. The minimum absolute atomic E-state index is 0.0856. The normalized spacial score (nSPS) is 10.6. The van der Waals surface area contributed by atoms with E-state index in [2.05, 4.69) is 15.9 Å². The monoisotopic (exact) mass is 363 g/mol. The first kappa shape index (κ1) is 14.6. The largest absolute Gasteiger partial charge is 0.454 e. The highest BCUT2D eigenvalue weighted by molar-refractivity contribution is 9.10. The second kappa shape index (κ2) is 6.09. The van der Waals surface area contributed by atoms with Crippen LogP contribution in [0, 0.1) is 5.82 Å². The van der Waals surface area contributed by atoms with Crippen molar-refractivity contribution < 1.29 is 9.13 Å². The molecule has 0 heterocycles. The predicted molar refractivity (Wildman–Crippen MR) is 78.5 cm³/mol. The molecule has 0 unspecified atom stereocenters. The summed E-state index contributed by atoms with van der Waals surface area (Å²) in [6, 6.07) is 7.93. The van der Waals surface area contributed by atoms with E-state index in [1.54, 1.807) is 18.2 Å².